The largest absolute Gasteiger partial charge is 0.394 e. The number of hydrogen-bond acceptors (Lipinski definition) is 3. The van der Waals surface area contributed by atoms with E-state index in [4.69, 9.17) is 16.6 Å². The first-order valence-electron chi connectivity index (χ1n) is 4.27. The summed E-state index contributed by atoms with van der Waals surface area (Å²) in [5.41, 5.74) is 11.3. The molecule has 76 valence electrons. The zero-order valence-corrected chi connectivity index (χ0v) is 8.03. The molecule has 1 atom stereocenters. The topological polar surface area (TPSA) is 89.3 Å². The summed E-state index contributed by atoms with van der Waals surface area (Å²) >= 11 is 0. The molecular weight excluding hydrogens is 180 g/mol. The highest BCUT2D eigenvalue weighted by molar-refractivity contribution is 5.92. The van der Waals surface area contributed by atoms with Gasteiger partial charge in [0.05, 0.1) is 12.1 Å². The number of primary amides is 1. The minimum atomic E-state index is -0.782. The molecule has 0 radical (unpaired) electrons. The highest BCUT2D eigenvalue weighted by atomic mass is 16.3. The molecule has 0 aliphatic rings. The van der Waals surface area contributed by atoms with Crippen LogP contribution in [0.1, 0.15) is 22.8 Å². The lowest BCUT2D eigenvalue weighted by Gasteiger charge is -2.22. The smallest absolute Gasteiger partial charge is 0.248 e. The van der Waals surface area contributed by atoms with Gasteiger partial charge in [-0.1, -0.05) is 12.1 Å². The molecular formula is C10H14N2O2. The van der Waals surface area contributed by atoms with Crippen LogP contribution in [-0.4, -0.2) is 17.6 Å². The molecule has 0 fully saturated rings. The van der Waals surface area contributed by atoms with Crippen LogP contribution >= 0.6 is 0 Å². The minimum absolute atomic E-state index is 0.150. The standard InChI is InChI=1S/C10H14N2O2/c1-10(12,6-13)8-4-2-7(3-5-8)9(11)14/h2-5,13H,6,12H2,1H3,(H2,11,14)/t10-/m1/s1. The Morgan fingerprint density at radius 1 is 1.43 bits per heavy atom. The maximum atomic E-state index is 10.8. The number of carbonyl (C=O) groups excluding carboxylic acids is 1. The van der Waals surface area contributed by atoms with E-state index in [1.165, 1.54) is 0 Å². The average Bonchev–Trinajstić information content (AvgIpc) is 2.18. The van der Waals surface area contributed by atoms with Gasteiger partial charge in [0.2, 0.25) is 5.91 Å². The van der Waals surface area contributed by atoms with Gasteiger partial charge < -0.3 is 16.6 Å². The van der Waals surface area contributed by atoms with E-state index in [1.807, 2.05) is 0 Å². The van der Waals surface area contributed by atoms with Crippen molar-refractivity contribution in [2.75, 3.05) is 6.61 Å². The van der Waals surface area contributed by atoms with Crippen LogP contribution in [0, 0.1) is 0 Å². The van der Waals surface area contributed by atoms with Crippen molar-refractivity contribution in [3.05, 3.63) is 35.4 Å². The lowest BCUT2D eigenvalue weighted by atomic mass is 9.93. The van der Waals surface area contributed by atoms with E-state index < -0.39 is 11.4 Å². The molecule has 0 spiro atoms. The number of aliphatic hydroxyl groups is 1. The predicted octanol–water partition coefficient (Wildman–Crippen LogP) is -0.0483. The molecule has 4 heteroatoms. The Morgan fingerprint density at radius 2 is 1.93 bits per heavy atom. The first-order chi connectivity index (χ1) is 6.47. The van der Waals surface area contributed by atoms with Gasteiger partial charge in [-0.25, -0.2) is 0 Å². The summed E-state index contributed by atoms with van der Waals surface area (Å²) in [5, 5.41) is 9.01. The van der Waals surface area contributed by atoms with Crippen LogP contribution in [0.15, 0.2) is 24.3 Å². The quantitative estimate of drug-likeness (QED) is 0.630. The van der Waals surface area contributed by atoms with Crippen molar-refractivity contribution in [1.82, 2.24) is 0 Å². The van der Waals surface area contributed by atoms with E-state index in [2.05, 4.69) is 0 Å². The zero-order valence-electron chi connectivity index (χ0n) is 8.03. The molecule has 0 aliphatic heterocycles. The molecule has 1 aromatic carbocycles. The number of amides is 1. The molecule has 0 unspecified atom stereocenters. The fourth-order valence-electron chi connectivity index (χ4n) is 1.11. The SMILES string of the molecule is C[C@@](N)(CO)c1ccc(C(N)=O)cc1. The predicted molar refractivity (Wildman–Crippen MR) is 53.6 cm³/mol. The Kier molecular flexibility index (Phi) is 2.88. The molecule has 0 heterocycles. The Labute approximate surface area is 82.5 Å². The summed E-state index contributed by atoms with van der Waals surface area (Å²) in [4.78, 5) is 10.8. The first kappa shape index (κ1) is 10.7. The van der Waals surface area contributed by atoms with Crippen LogP contribution in [0.5, 0.6) is 0 Å². The van der Waals surface area contributed by atoms with Gasteiger partial charge in [-0.2, -0.15) is 0 Å². The fraction of sp³-hybridized carbons (Fsp3) is 0.300. The molecule has 0 aliphatic carbocycles. The highest BCUT2D eigenvalue weighted by Gasteiger charge is 2.19. The number of carbonyl (C=O) groups is 1. The molecule has 0 saturated heterocycles. The number of nitrogens with two attached hydrogens (primary N) is 2. The van der Waals surface area contributed by atoms with Crippen molar-refractivity contribution in [2.45, 2.75) is 12.5 Å². The second-order valence-electron chi connectivity index (χ2n) is 3.52. The Hall–Kier alpha value is -1.39. The van der Waals surface area contributed by atoms with E-state index >= 15 is 0 Å². The molecule has 0 aromatic heterocycles. The van der Waals surface area contributed by atoms with Gasteiger partial charge in [-0.15, -0.1) is 0 Å². The van der Waals surface area contributed by atoms with Gasteiger partial charge >= 0.3 is 0 Å². The maximum Gasteiger partial charge on any atom is 0.248 e. The Balaban J connectivity index is 2.99. The van der Waals surface area contributed by atoms with Crippen molar-refractivity contribution in [1.29, 1.82) is 0 Å². The van der Waals surface area contributed by atoms with Crippen LogP contribution in [-0.2, 0) is 5.54 Å². The molecule has 5 N–H and O–H groups in total. The summed E-state index contributed by atoms with van der Waals surface area (Å²) in [5.74, 6) is -0.473. The number of benzene rings is 1. The third kappa shape index (κ3) is 2.10. The second-order valence-corrected chi connectivity index (χ2v) is 3.52. The van der Waals surface area contributed by atoms with Gasteiger partial charge in [0, 0.05) is 5.56 Å². The monoisotopic (exact) mass is 194 g/mol. The fourth-order valence-corrected chi connectivity index (χ4v) is 1.11. The maximum absolute atomic E-state index is 10.8. The summed E-state index contributed by atoms with van der Waals surface area (Å²) in [6.07, 6.45) is 0. The van der Waals surface area contributed by atoms with Crippen LogP contribution in [0.4, 0.5) is 0 Å². The van der Waals surface area contributed by atoms with Crippen molar-refractivity contribution < 1.29 is 9.90 Å². The number of hydrogen-bond donors (Lipinski definition) is 3. The summed E-state index contributed by atoms with van der Waals surface area (Å²) in [6.45, 7) is 1.56. The van der Waals surface area contributed by atoms with Crippen LogP contribution in [0.3, 0.4) is 0 Å². The summed E-state index contributed by atoms with van der Waals surface area (Å²) < 4.78 is 0. The van der Waals surface area contributed by atoms with E-state index in [9.17, 15) is 4.79 Å². The summed E-state index contributed by atoms with van der Waals surface area (Å²) in [7, 11) is 0. The molecule has 4 nitrogen and oxygen atoms in total. The Morgan fingerprint density at radius 3 is 2.29 bits per heavy atom. The van der Waals surface area contributed by atoms with Crippen molar-refractivity contribution in [2.24, 2.45) is 11.5 Å². The Bertz CT molecular complexity index is 330. The van der Waals surface area contributed by atoms with Crippen LogP contribution < -0.4 is 11.5 Å². The number of aliphatic hydroxyl groups excluding tert-OH is 1. The molecule has 14 heavy (non-hydrogen) atoms. The molecule has 0 saturated carbocycles. The summed E-state index contributed by atoms with van der Waals surface area (Å²) in [6, 6.07) is 6.57. The van der Waals surface area contributed by atoms with E-state index in [0.717, 1.165) is 5.56 Å². The molecule has 1 rings (SSSR count). The van der Waals surface area contributed by atoms with Crippen LogP contribution in [0.25, 0.3) is 0 Å². The van der Waals surface area contributed by atoms with Gasteiger partial charge in [0.1, 0.15) is 0 Å². The minimum Gasteiger partial charge on any atom is -0.394 e. The molecule has 0 bridgehead atoms. The third-order valence-corrected chi connectivity index (χ3v) is 2.16. The van der Waals surface area contributed by atoms with E-state index in [-0.39, 0.29) is 6.61 Å². The van der Waals surface area contributed by atoms with Crippen molar-refractivity contribution in [3.63, 3.8) is 0 Å². The lowest BCUT2D eigenvalue weighted by molar-refractivity contribution is 0.1000. The third-order valence-electron chi connectivity index (χ3n) is 2.16. The van der Waals surface area contributed by atoms with Gasteiger partial charge in [0.15, 0.2) is 0 Å². The second kappa shape index (κ2) is 3.77. The first-order valence-corrected chi connectivity index (χ1v) is 4.27. The average molecular weight is 194 g/mol. The van der Waals surface area contributed by atoms with Crippen LogP contribution in [0.2, 0.25) is 0 Å². The lowest BCUT2D eigenvalue weighted by Crippen LogP contribution is -2.36. The highest BCUT2D eigenvalue weighted by Crippen LogP contribution is 2.17. The number of rotatable bonds is 3. The van der Waals surface area contributed by atoms with Gasteiger partial charge in [-0.3, -0.25) is 4.79 Å². The zero-order chi connectivity index (χ0) is 10.8. The van der Waals surface area contributed by atoms with Crippen molar-refractivity contribution >= 4 is 5.91 Å². The van der Waals surface area contributed by atoms with Gasteiger partial charge in [-0.05, 0) is 24.6 Å². The van der Waals surface area contributed by atoms with E-state index in [0.29, 0.717) is 5.56 Å². The van der Waals surface area contributed by atoms with Crippen molar-refractivity contribution in [3.8, 4) is 0 Å². The molecule has 1 amide bonds. The van der Waals surface area contributed by atoms with E-state index in [1.54, 1.807) is 31.2 Å². The molecule has 1 aromatic rings. The van der Waals surface area contributed by atoms with Gasteiger partial charge in [0.25, 0.3) is 0 Å². The normalized spacial score (nSPS) is 14.8.